The van der Waals surface area contributed by atoms with E-state index in [4.69, 9.17) is 5.26 Å². The Morgan fingerprint density at radius 2 is 2.28 bits per heavy atom. The number of carbonyl (C=O) groups is 1. The Morgan fingerprint density at radius 1 is 1.56 bits per heavy atom. The summed E-state index contributed by atoms with van der Waals surface area (Å²) >= 11 is 0. The Kier molecular flexibility index (Phi) is 5.13. The first kappa shape index (κ1) is 14.0. The topological polar surface area (TPSA) is 44.1 Å². The first-order valence-corrected chi connectivity index (χ1v) is 5.97. The molecule has 3 heteroatoms. The Bertz CT molecular complexity index is 486. The van der Waals surface area contributed by atoms with E-state index in [0.29, 0.717) is 11.1 Å². The largest absolute Gasteiger partial charge is 0.374 e. The third-order valence-corrected chi connectivity index (χ3v) is 2.82. The van der Waals surface area contributed by atoms with Crippen molar-refractivity contribution in [3.8, 4) is 6.07 Å². The highest BCUT2D eigenvalue weighted by molar-refractivity contribution is 5.99. The third kappa shape index (κ3) is 3.46. The number of unbranched alkanes of at least 4 members (excludes halogenated alkanes) is 1. The van der Waals surface area contributed by atoms with Gasteiger partial charge >= 0.3 is 0 Å². The van der Waals surface area contributed by atoms with E-state index in [1.54, 1.807) is 25.1 Å². The summed E-state index contributed by atoms with van der Waals surface area (Å²) in [7, 11) is 1.94. The summed E-state index contributed by atoms with van der Waals surface area (Å²) in [6.45, 7) is 6.07. The maximum absolute atomic E-state index is 11.6. The second kappa shape index (κ2) is 6.61. The van der Waals surface area contributed by atoms with Gasteiger partial charge in [0.05, 0.1) is 11.6 Å². The van der Waals surface area contributed by atoms with Gasteiger partial charge in [-0.25, -0.2) is 0 Å². The van der Waals surface area contributed by atoms with E-state index < -0.39 is 0 Å². The Balaban J connectivity index is 2.99. The molecule has 0 N–H and O–H groups in total. The molecule has 0 spiro atoms. The lowest BCUT2D eigenvalue weighted by molar-refractivity contribution is 0.101. The number of hydrogen-bond donors (Lipinski definition) is 0. The summed E-state index contributed by atoms with van der Waals surface area (Å²) in [6, 6.07) is 7.27. The standard InChI is InChI=1S/C15H18N2O/c1-4-5-6-9-17(3)15-10-13(11-16)7-8-14(15)12(2)18/h4,7-8,10H,1,5-6,9H2,2-3H3. The zero-order chi connectivity index (χ0) is 13.5. The Hall–Kier alpha value is -2.08. The van der Waals surface area contributed by atoms with Gasteiger partial charge in [-0.2, -0.15) is 5.26 Å². The van der Waals surface area contributed by atoms with E-state index in [1.807, 2.05) is 18.0 Å². The number of Topliss-reactive ketones (excluding diaryl/α,β-unsaturated/α-hetero) is 1. The number of hydrogen-bond acceptors (Lipinski definition) is 3. The van der Waals surface area contributed by atoms with Crippen LogP contribution >= 0.6 is 0 Å². The molecule has 0 heterocycles. The lowest BCUT2D eigenvalue weighted by atomic mass is 10.1. The summed E-state index contributed by atoms with van der Waals surface area (Å²) in [4.78, 5) is 13.6. The van der Waals surface area contributed by atoms with Crippen LogP contribution in [0.4, 0.5) is 5.69 Å². The normalized spacial score (nSPS) is 9.61. The monoisotopic (exact) mass is 242 g/mol. The zero-order valence-corrected chi connectivity index (χ0v) is 10.9. The minimum absolute atomic E-state index is 0.0186. The minimum Gasteiger partial charge on any atom is -0.374 e. The van der Waals surface area contributed by atoms with Crippen LogP contribution in [0.2, 0.25) is 0 Å². The van der Waals surface area contributed by atoms with Gasteiger partial charge in [0.25, 0.3) is 0 Å². The number of rotatable bonds is 6. The molecule has 0 saturated carbocycles. The van der Waals surface area contributed by atoms with Crippen molar-refractivity contribution >= 4 is 11.5 Å². The number of ketones is 1. The van der Waals surface area contributed by atoms with Gasteiger partial charge in [0, 0.05) is 24.8 Å². The van der Waals surface area contributed by atoms with Crippen LogP contribution in [0.5, 0.6) is 0 Å². The van der Waals surface area contributed by atoms with Gasteiger partial charge in [0.15, 0.2) is 5.78 Å². The zero-order valence-electron chi connectivity index (χ0n) is 10.9. The average Bonchev–Trinajstić information content (AvgIpc) is 2.38. The highest BCUT2D eigenvalue weighted by Crippen LogP contribution is 2.22. The summed E-state index contributed by atoms with van der Waals surface area (Å²) in [6.07, 6.45) is 3.80. The van der Waals surface area contributed by atoms with Gasteiger partial charge < -0.3 is 4.90 Å². The highest BCUT2D eigenvalue weighted by atomic mass is 16.1. The lowest BCUT2D eigenvalue weighted by Crippen LogP contribution is -2.20. The van der Waals surface area contributed by atoms with Crippen molar-refractivity contribution in [2.75, 3.05) is 18.5 Å². The highest BCUT2D eigenvalue weighted by Gasteiger charge is 2.11. The molecule has 0 aromatic heterocycles. The van der Waals surface area contributed by atoms with Gasteiger partial charge in [0.2, 0.25) is 0 Å². The van der Waals surface area contributed by atoms with Crippen LogP contribution in [0.3, 0.4) is 0 Å². The molecule has 0 bridgehead atoms. The molecule has 0 aliphatic carbocycles. The number of carbonyl (C=O) groups excluding carboxylic acids is 1. The van der Waals surface area contributed by atoms with Crippen molar-refractivity contribution in [3.63, 3.8) is 0 Å². The molecule has 1 aromatic rings. The molecule has 0 aliphatic heterocycles. The Morgan fingerprint density at radius 3 is 2.83 bits per heavy atom. The molecule has 0 aliphatic rings. The Labute approximate surface area is 108 Å². The van der Waals surface area contributed by atoms with Crippen molar-refractivity contribution in [1.29, 1.82) is 5.26 Å². The van der Waals surface area contributed by atoms with Crippen LogP contribution in [-0.4, -0.2) is 19.4 Å². The molecule has 0 amide bonds. The lowest BCUT2D eigenvalue weighted by Gasteiger charge is -2.21. The van der Waals surface area contributed by atoms with E-state index in [2.05, 4.69) is 12.6 Å². The van der Waals surface area contributed by atoms with Crippen LogP contribution in [0.1, 0.15) is 35.7 Å². The maximum atomic E-state index is 11.6. The van der Waals surface area contributed by atoms with Crippen LogP contribution in [-0.2, 0) is 0 Å². The van der Waals surface area contributed by atoms with E-state index in [0.717, 1.165) is 25.1 Å². The van der Waals surface area contributed by atoms with Crippen LogP contribution in [0.25, 0.3) is 0 Å². The van der Waals surface area contributed by atoms with Crippen LogP contribution in [0, 0.1) is 11.3 Å². The molecule has 94 valence electrons. The molecule has 18 heavy (non-hydrogen) atoms. The summed E-state index contributed by atoms with van der Waals surface area (Å²) in [5, 5.41) is 8.92. The predicted molar refractivity (Wildman–Crippen MR) is 73.9 cm³/mol. The van der Waals surface area contributed by atoms with Crippen molar-refractivity contribution in [2.45, 2.75) is 19.8 Å². The summed E-state index contributed by atoms with van der Waals surface area (Å²) in [5.41, 5.74) is 2.06. The fraction of sp³-hybridized carbons (Fsp3) is 0.333. The molecular weight excluding hydrogens is 224 g/mol. The van der Waals surface area contributed by atoms with Crippen LogP contribution < -0.4 is 4.90 Å². The van der Waals surface area contributed by atoms with E-state index in [9.17, 15) is 4.79 Å². The van der Waals surface area contributed by atoms with Crippen molar-refractivity contribution in [1.82, 2.24) is 0 Å². The number of benzene rings is 1. The maximum Gasteiger partial charge on any atom is 0.161 e. The number of allylic oxidation sites excluding steroid dienone is 1. The molecule has 0 radical (unpaired) electrons. The van der Waals surface area contributed by atoms with E-state index >= 15 is 0 Å². The van der Waals surface area contributed by atoms with E-state index in [1.165, 1.54) is 0 Å². The third-order valence-electron chi connectivity index (χ3n) is 2.82. The molecule has 0 saturated heterocycles. The van der Waals surface area contributed by atoms with Crippen LogP contribution in [0.15, 0.2) is 30.9 Å². The first-order valence-electron chi connectivity index (χ1n) is 5.97. The van der Waals surface area contributed by atoms with Crippen molar-refractivity contribution < 1.29 is 4.79 Å². The molecular formula is C15H18N2O. The van der Waals surface area contributed by atoms with E-state index in [-0.39, 0.29) is 5.78 Å². The van der Waals surface area contributed by atoms with Crippen molar-refractivity contribution in [3.05, 3.63) is 42.0 Å². The SMILES string of the molecule is C=CCCCN(C)c1cc(C#N)ccc1C(C)=O. The second-order valence-electron chi connectivity index (χ2n) is 4.25. The van der Waals surface area contributed by atoms with Gasteiger partial charge in [-0.05, 0) is 38.0 Å². The van der Waals surface area contributed by atoms with Gasteiger partial charge in [-0.15, -0.1) is 6.58 Å². The molecule has 0 fully saturated rings. The fourth-order valence-corrected chi connectivity index (χ4v) is 1.81. The molecule has 1 rings (SSSR count). The number of anilines is 1. The predicted octanol–water partition coefficient (Wildman–Crippen LogP) is 3.16. The second-order valence-corrected chi connectivity index (χ2v) is 4.25. The minimum atomic E-state index is 0.0186. The summed E-state index contributed by atoms with van der Waals surface area (Å²) in [5.74, 6) is 0.0186. The van der Waals surface area contributed by atoms with Crippen molar-refractivity contribution in [2.24, 2.45) is 0 Å². The molecule has 0 unspecified atom stereocenters. The first-order chi connectivity index (χ1) is 8.60. The number of nitrogens with zero attached hydrogens (tertiary/aromatic N) is 2. The van der Waals surface area contributed by atoms with Gasteiger partial charge in [0.1, 0.15) is 0 Å². The van der Waals surface area contributed by atoms with Gasteiger partial charge in [-0.1, -0.05) is 6.08 Å². The average molecular weight is 242 g/mol. The number of nitriles is 1. The smallest absolute Gasteiger partial charge is 0.161 e. The summed E-state index contributed by atoms with van der Waals surface area (Å²) < 4.78 is 0. The molecule has 0 atom stereocenters. The molecule has 3 nitrogen and oxygen atoms in total. The fourth-order valence-electron chi connectivity index (χ4n) is 1.81. The quantitative estimate of drug-likeness (QED) is 0.437. The molecule has 1 aromatic carbocycles. The van der Waals surface area contributed by atoms with Gasteiger partial charge in [-0.3, -0.25) is 4.79 Å².